The third-order valence-electron chi connectivity index (χ3n) is 3.14. The summed E-state index contributed by atoms with van der Waals surface area (Å²) in [5.41, 5.74) is 3.47. The van der Waals surface area contributed by atoms with Crippen LogP contribution in [0.15, 0.2) is 18.2 Å². The Morgan fingerprint density at radius 2 is 1.53 bits per heavy atom. The fraction of sp³-hybridized carbons (Fsp3) is 0.600. The van der Waals surface area contributed by atoms with Crippen molar-refractivity contribution in [2.24, 2.45) is 0 Å². The Morgan fingerprint density at radius 3 is 1.89 bits per heavy atom. The van der Waals surface area contributed by atoms with E-state index in [-0.39, 0.29) is 17.0 Å². The molecule has 108 valence electrons. The molecule has 0 fully saturated rings. The van der Waals surface area contributed by atoms with Crippen molar-refractivity contribution in [3.05, 3.63) is 34.9 Å². The van der Waals surface area contributed by atoms with E-state index in [9.17, 15) is 4.57 Å². The lowest BCUT2D eigenvalue weighted by atomic mass is 9.79. The summed E-state index contributed by atoms with van der Waals surface area (Å²) >= 11 is 11.5. The lowest BCUT2D eigenvalue weighted by Crippen LogP contribution is -2.18. The van der Waals surface area contributed by atoms with Crippen LogP contribution in [0.2, 0.25) is 0 Å². The first-order valence-electron chi connectivity index (χ1n) is 6.43. The van der Waals surface area contributed by atoms with Gasteiger partial charge in [-0.05, 0) is 50.0 Å². The van der Waals surface area contributed by atoms with Crippen molar-refractivity contribution in [1.82, 2.24) is 0 Å². The summed E-state index contributed by atoms with van der Waals surface area (Å²) in [5, 5.41) is 0. The maximum Gasteiger partial charge on any atom is 0.257 e. The Bertz CT molecular complexity index is 504. The molecule has 4 heteroatoms. The van der Waals surface area contributed by atoms with E-state index in [2.05, 4.69) is 53.7 Å². The molecular weight excluding hydrogens is 298 g/mol. The normalized spacial score (nSPS) is 13.7. The molecule has 0 heterocycles. The van der Waals surface area contributed by atoms with Crippen LogP contribution in [0.4, 0.5) is 0 Å². The van der Waals surface area contributed by atoms with E-state index >= 15 is 0 Å². The van der Waals surface area contributed by atoms with Crippen LogP contribution in [0.1, 0.15) is 58.2 Å². The van der Waals surface area contributed by atoms with Gasteiger partial charge in [0, 0.05) is 0 Å². The van der Waals surface area contributed by atoms with Crippen LogP contribution in [0.3, 0.4) is 0 Å². The summed E-state index contributed by atoms with van der Waals surface area (Å²) in [6, 6.07) is 6.28. The smallest absolute Gasteiger partial charge is 0.257 e. The van der Waals surface area contributed by atoms with Crippen molar-refractivity contribution in [2.75, 3.05) is 0 Å². The Kier molecular flexibility index (Phi) is 4.88. The van der Waals surface area contributed by atoms with E-state index < -0.39 is 5.85 Å². The maximum atomic E-state index is 11.7. The van der Waals surface area contributed by atoms with E-state index in [4.69, 9.17) is 22.5 Å². The molecule has 0 radical (unpaired) electrons. The number of hydrogen-bond acceptors (Lipinski definition) is 1. The average Bonchev–Trinajstić information content (AvgIpc) is 2.11. The second-order valence-corrected chi connectivity index (χ2v) is 12.4. The van der Waals surface area contributed by atoms with Crippen LogP contribution < -0.4 is 0 Å². The van der Waals surface area contributed by atoms with Gasteiger partial charge in [0.15, 0.2) is 0 Å². The number of rotatable bonds is 2. The number of hydrogen-bond donors (Lipinski definition) is 0. The molecule has 0 aromatic heterocycles. The molecule has 1 aromatic rings. The first kappa shape index (κ1) is 17.1. The monoisotopic (exact) mass is 320 g/mol. The quantitative estimate of drug-likeness (QED) is 0.572. The highest BCUT2D eigenvalue weighted by molar-refractivity contribution is 8.08. The van der Waals surface area contributed by atoms with Crippen LogP contribution >= 0.6 is 28.3 Å². The Balaban J connectivity index is 3.38. The molecule has 0 aliphatic carbocycles. The lowest BCUT2D eigenvalue weighted by Gasteiger charge is -2.27. The van der Waals surface area contributed by atoms with Gasteiger partial charge in [0.25, 0.3) is 5.85 Å². The van der Waals surface area contributed by atoms with Crippen LogP contribution in [0.5, 0.6) is 0 Å². The molecule has 1 aromatic carbocycles. The molecule has 0 unspecified atom stereocenters. The molecule has 0 saturated carbocycles. The van der Waals surface area contributed by atoms with E-state index in [0.717, 1.165) is 5.56 Å². The summed E-state index contributed by atoms with van der Waals surface area (Å²) in [6.07, 6.45) is 0.229. The molecule has 19 heavy (non-hydrogen) atoms. The molecule has 1 rings (SSSR count). The van der Waals surface area contributed by atoms with Gasteiger partial charge in [-0.1, -0.05) is 59.7 Å². The highest BCUT2D eigenvalue weighted by Crippen LogP contribution is 2.59. The van der Waals surface area contributed by atoms with E-state index in [1.807, 2.05) is 6.07 Å². The summed E-state index contributed by atoms with van der Waals surface area (Å²) < 4.78 is 11.7. The third-order valence-corrected chi connectivity index (χ3v) is 4.56. The SMILES string of the molecule is CC(C)(C)c1ccc(CP(=O)(Cl)Cl)c(C(C)(C)C)c1. The van der Waals surface area contributed by atoms with Gasteiger partial charge in [0.1, 0.15) is 0 Å². The predicted octanol–water partition coefficient (Wildman–Crippen LogP) is 6.45. The van der Waals surface area contributed by atoms with Crippen molar-refractivity contribution in [2.45, 2.75) is 58.5 Å². The van der Waals surface area contributed by atoms with Gasteiger partial charge in [0.05, 0.1) is 6.16 Å². The van der Waals surface area contributed by atoms with Gasteiger partial charge in [-0.25, -0.2) is 0 Å². The molecule has 0 atom stereocenters. The van der Waals surface area contributed by atoms with Crippen molar-refractivity contribution >= 4 is 28.3 Å². The van der Waals surface area contributed by atoms with Gasteiger partial charge in [-0.15, -0.1) is 0 Å². The molecule has 0 saturated heterocycles. The van der Waals surface area contributed by atoms with Gasteiger partial charge in [0.2, 0.25) is 0 Å². The molecule has 0 spiro atoms. The molecule has 0 amide bonds. The topological polar surface area (TPSA) is 17.1 Å². The van der Waals surface area contributed by atoms with Gasteiger partial charge in [-0.2, -0.15) is 0 Å². The van der Waals surface area contributed by atoms with Crippen molar-refractivity contribution in [3.63, 3.8) is 0 Å². The third kappa shape index (κ3) is 5.14. The van der Waals surface area contributed by atoms with Crippen molar-refractivity contribution < 1.29 is 4.57 Å². The lowest BCUT2D eigenvalue weighted by molar-refractivity contribution is 0.564. The van der Waals surface area contributed by atoms with Gasteiger partial charge < -0.3 is 0 Å². The van der Waals surface area contributed by atoms with Crippen molar-refractivity contribution in [3.8, 4) is 0 Å². The highest BCUT2D eigenvalue weighted by atomic mass is 35.9. The van der Waals surface area contributed by atoms with Crippen LogP contribution in [-0.4, -0.2) is 0 Å². The molecule has 0 N–H and O–H groups in total. The van der Waals surface area contributed by atoms with Crippen LogP contribution in [0.25, 0.3) is 0 Å². The summed E-state index contributed by atoms with van der Waals surface area (Å²) in [7, 11) is 0. The minimum Gasteiger partial charge on any atom is -0.289 e. The zero-order valence-electron chi connectivity index (χ0n) is 12.6. The van der Waals surface area contributed by atoms with E-state index in [1.54, 1.807) is 0 Å². The highest BCUT2D eigenvalue weighted by Gasteiger charge is 2.25. The number of benzene rings is 1. The average molecular weight is 321 g/mol. The molecular formula is C15H23Cl2OP. The summed E-state index contributed by atoms with van der Waals surface area (Å²) in [5.74, 6) is -3.10. The fourth-order valence-electron chi connectivity index (χ4n) is 2.08. The minimum absolute atomic E-state index is 0.0282. The minimum atomic E-state index is -3.10. The van der Waals surface area contributed by atoms with Crippen LogP contribution in [-0.2, 0) is 21.6 Å². The maximum absolute atomic E-state index is 11.7. The molecule has 0 aliphatic heterocycles. The van der Waals surface area contributed by atoms with Gasteiger partial charge >= 0.3 is 0 Å². The summed E-state index contributed by atoms with van der Waals surface area (Å²) in [6.45, 7) is 13.0. The number of halogens is 2. The standard InChI is InChI=1S/C15H23Cl2OP/c1-14(2,3)12-8-7-11(10-19(16,17)18)13(9-12)15(4,5)6/h7-9H,10H2,1-6H3. The first-order valence-corrected chi connectivity index (χ1v) is 10.1. The predicted molar refractivity (Wildman–Crippen MR) is 86.9 cm³/mol. The fourth-order valence-corrected chi connectivity index (χ4v) is 3.52. The van der Waals surface area contributed by atoms with Gasteiger partial charge in [-0.3, -0.25) is 4.57 Å². The zero-order chi connectivity index (χ0) is 15.1. The van der Waals surface area contributed by atoms with E-state index in [1.165, 1.54) is 11.1 Å². The second-order valence-electron chi connectivity index (χ2n) is 7.10. The molecule has 0 bridgehead atoms. The van der Waals surface area contributed by atoms with Crippen molar-refractivity contribution in [1.29, 1.82) is 0 Å². The van der Waals surface area contributed by atoms with Crippen LogP contribution in [0, 0.1) is 0 Å². The largest absolute Gasteiger partial charge is 0.289 e. The zero-order valence-corrected chi connectivity index (χ0v) is 15.0. The Hall–Kier alpha value is 0.0300. The Morgan fingerprint density at radius 1 is 1.00 bits per heavy atom. The first-order chi connectivity index (χ1) is 8.31. The van der Waals surface area contributed by atoms with E-state index in [0.29, 0.717) is 0 Å². The summed E-state index contributed by atoms with van der Waals surface area (Å²) in [4.78, 5) is 0. The second kappa shape index (κ2) is 5.43. The Labute approximate surface area is 126 Å². The molecule has 0 aliphatic rings. The molecule has 1 nitrogen and oxygen atoms in total.